The second-order valence-corrected chi connectivity index (χ2v) is 5.09. The fourth-order valence-electron chi connectivity index (χ4n) is 1.77. The van der Waals surface area contributed by atoms with E-state index in [1.807, 2.05) is 24.3 Å². The molecule has 1 heterocycles. The number of nitrogens with one attached hydrogen (secondary N) is 1. The van der Waals surface area contributed by atoms with Gasteiger partial charge < -0.3 is 4.74 Å². The lowest BCUT2D eigenvalue weighted by atomic mass is 10.1. The maximum Gasteiger partial charge on any atom is 0.112 e. The van der Waals surface area contributed by atoms with Crippen LogP contribution in [0.15, 0.2) is 24.3 Å². The molecule has 1 aliphatic heterocycles. The molecule has 1 atom stereocenters. The van der Waals surface area contributed by atoms with Crippen LogP contribution in [-0.4, -0.2) is 18.4 Å². The van der Waals surface area contributed by atoms with Crippen LogP contribution in [0.2, 0.25) is 5.02 Å². The van der Waals surface area contributed by atoms with E-state index in [2.05, 4.69) is 19.2 Å². The average molecular weight is 226 g/mol. The summed E-state index contributed by atoms with van der Waals surface area (Å²) in [6.07, 6.45) is 1.02. The molecule has 0 saturated carbocycles. The van der Waals surface area contributed by atoms with E-state index >= 15 is 0 Å². The summed E-state index contributed by atoms with van der Waals surface area (Å²) in [6.45, 7) is 5.06. The molecule has 1 aromatic rings. The first kappa shape index (κ1) is 10.9. The molecule has 1 unspecified atom stereocenters. The minimum absolute atomic E-state index is 0.0943. The van der Waals surface area contributed by atoms with Gasteiger partial charge >= 0.3 is 0 Å². The monoisotopic (exact) mass is 225 g/mol. The molecule has 0 radical (unpaired) electrons. The van der Waals surface area contributed by atoms with Crippen molar-refractivity contribution < 1.29 is 4.74 Å². The molecule has 0 aromatic heterocycles. The molecule has 3 heteroatoms. The smallest absolute Gasteiger partial charge is 0.112 e. The van der Waals surface area contributed by atoms with Gasteiger partial charge in [0.1, 0.15) is 6.23 Å². The highest BCUT2D eigenvalue weighted by Gasteiger charge is 2.30. The van der Waals surface area contributed by atoms with Gasteiger partial charge in [-0.25, -0.2) is 0 Å². The van der Waals surface area contributed by atoms with Crippen LogP contribution in [0.3, 0.4) is 0 Å². The highest BCUT2D eigenvalue weighted by atomic mass is 35.5. The van der Waals surface area contributed by atoms with Gasteiger partial charge in [-0.2, -0.15) is 0 Å². The molecule has 15 heavy (non-hydrogen) atoms. The quantitative estimate of drug-likeness (QED) is 0.836. The van der Waals surface area contributed by atoms with E-state index in [0.717, 1.165) is 18.1 Å². The normalized spacial score (nSPS) is 24.3. The van der Waals surface area contributed by atoms with Crippen LogP contribution in [-0.2, 0) is 11.2 Å². The van der Waals surface area contributed by atoms with Gasteiger partial charge in [0.25, 0.3) is 0 Å². The third kappa shape index (κ3) is 2.94. The van der Waals surface area contributed by atoms with Gasteiger partial charge in [-0.15, -0.1) is 0 Å². The summed E-state index contributed by atoms with van der Waals surface area (Å²) in [6, 6.07) is 7.91. The van der Waals surface area contributed by atoms with Crippen molar-refractivity contribution >= 4 is 11.6 Å². The zero-order chi connectivity index (χ0) is 10.9. The summed E-state index contributed by atoms with van der Waals surface area (Å²) in [5.41, 5.74) is 1.34. The van der Waals surface area contributed by atoms with E-state index in [4.69, 9.17) is 16.3 Å². The largest absolute Gasteiger partial charge is 0.361 e. The van der Waals surface area contributed by atoms with Crippen molar-refractivity contribution in [2.45, 2.75) is 32.0 Å². The summed E-state index contributed by atoms with van der Waals surface area (Å²) in [5.74, 6) is 0. The molecule has 2 nitrogen and oxygen atoms in total. The second kappa shape index (κ2) is 4.12. The van der Waals surface area contributed by atoms with Crippen molar-refractivity contribution in [3.05, 3.63) is 34.9 Å². The van der Waals surface area contributed by atoms with Gasteiger partial charge in [0.15, 0.2) is 0 Å². The molecule has 0 bridgehead atoms. The van der Waals surface area contributed by atoms with E-state index in [-0.39, 0.29) is 11.8 Å². The molecule has 1 saturated heterocycles. The van der Waals surface area contributed by atoms with Crippen LogP contribution in [0.4, 0.5) is 0 Å². The van der Waals surface area contributed by atoms with Crippen molar-refractivity contribution in [1.29, 1.82) is 0 Å². The topological polar surface area (TPSA) is 21.3 Å². The zero-order valence-electron chi connectivity index (χ0n) is 9.09. The van der Waals surface area contributed by atoms with Gasteiger partial charge in [-0.3, -0.25) is 5.32 Å². The second-order valence-electron chi connectivity index (χ2n) is 4.66. The fraction of sp³-hybridized carbons (Fsp3) is 0.500. The maximum atomic E-state index is 5.83. The lowest BCUT2D eigenvalue weighted by Gasteiger charge is -2.17. The predicted molar refractivity (Wildman–Crippen MR) is 62.1 cm³/mol. The van der Waals surface area contributed by atoms with Crippen LogP contribution in [0.1, 0.15) is 19.4 Å². The number of benzene rings is 1. The molecule has 82 valence electrons. The summed E-state index contributed by atoms with van der Waals surface area (Å²) in [4.78, 5) is 0. The van der Waals surface area contributed by atoms with Crippen LogP contribution in [0.25, 0.3) is 0 Å². The molecule has 0 amide bonds. The maximum absolute atomic E-state index is 5.83. The molecule has 0 aliphatic carbocycles. The Morgan fingerprint density at radius 2 is 2.07 bits per heavy atom. The molecular formula is C12H16ClNO. The van der Waals surface area contributed by atoms with Crippen molar-refractivity contribution in [2.24, 2.45) is 0 Å². The molecule has 1 aromatic carbocycles. The molecular weight excluding hydrogens is 210 g/mol. The number of halogens is 1. The summed E-state index contributed by atoms with van der Waals surface area (Å²) in [5, 5.41) is 4.22. The van der Waals surface area contributed by atoms with Gasteiger partial charge in [-0.05, 0) is 31.5 Å². The number of rotatable bonds is 2. The minimum Gasteiger partial charge on any atom is -0.361 e. The van der Waals surface area contributed by atoms with Crippen molar-refractivity contribution in [1.82, 2.24) is 5.32 Å². The van der Waals surface area contributed by atoms with Gasteiger partial charge in [-0.1, -0.05) is 23.7 Å². The third-order valence-electron chi connectivity index (χ3n) is 2.53. The lowest BCUT2D eigenvalue weighted by Crippen LogP contribution is -2.39. The summed E-state index contributed by atoms with van der Waals surface area (Å²) >= 11 is 5.83. The van der Waals surface area contributed by atoms with Crippen LogP contribution in [0.5, 0.6) is 0 Å². The number of hydrogen-bond acceptors (Lipinski definition) is 2. The Kier molecular flexibility index (Phi) is 3.01. The van der Waals surface area contributed by atoms with Gasteiger partial charge in [0.05, 0.1) is 6.61 Å². The van der Waals surface area contributed by atoms with E-state index in [9.17, 15) is 0 Å². The molecule has 2 rings (SSSR count). The number of hydrogen-bond donors (Lipinski definition) is 1. The van der Waals surface area contributed by atoms with E-state index in [1.165, 1.54) is 5.56 Å². The van der Waals surface area contributed by atoms with Gasteiger partial charge in [0, 0.05) is 17.0 Å². The van der Waals surface area contributed by atoms with E-state index in [1.54, 1.807) is 0 Å². The Bertz CT molecular complexity index is 334. The average Bonchev–Trinajstić information content (AvgIpc) is 2.50. The first-order valence-corrected chi connectivity index (χ1v) is 5.57. The van der Waals surface area contributed by atoms with Gasteiger partial charge in [0.2, 0.25) is 0 Å². The lowest BCUT2D eigenvalue weighted by molar-refractivity contribution is 0.0987. The molecule has 1 aliphatic rings. The first-order valence-electron chi connectivity index (χ1n) is 5.19. The van der Waals surface area contributed by atoms with Crippen molar-refractivity contribution in [3.8, 4) is 0 Å². The predicted octanol–water partition coefficient (Wildman–Crippen LogP) is 2.61. The Labute approximate surface area is 95.6 Å². The highest BCUT2D eigenvalue weighted by Crippen LogP contribution is 2.18. The third-order valence-corrected chi connectivity index (χ3v) is 2.78. The zero-order valence-corrected chi connectivity index (χ0v) is 9.84. The van der Waals surface area contributed by atoms with Crippen LogP contribution >= 0.6 is 11.6 Å². The summed E-state index contributed by atoms with van der Waals surface area (Å²) < 4.78 is 5.66. The fourth-order valence-corrected chi connectivity index (χ4v) is 1.90. The highest BCUT2D eigenvalue weighted by molar-refractivity contribution is 6.30. The van der Waals surface area contributed by atoms with Crippen molar-refractivity contribution in [3.63, 3.8) is 0 Å². The van der Waals surface area contributed by atoms with E-state index in [0.29, 0.717) is 0 Å². The number of ether oxygens (including phenoxy) is 1. The van der Waals surface area contributed by atoms with Crippen LogP contribution < -0.4 is 5.32 Å². The van der Waals surface area contributed by atoms with Crippen molar-refractivity contribution in [2.75, 3.05) is 6.61 Å². The first-order chi connectivity index (χ1) is 7.05. The Balaban J connectivity index is 1.96. The van der Waals surface area contributed by atoms with E-state index < -0.39 is 0 Å². The Morgan fingerprint density at radius 1 is 1.40 bits per heavy atom. The molecule has 0 spiro atoms. The molecule has 1 N–H and O–H groups in total. The molecule has 1 fully saturated rings. The summed E-state index contributed by atoms with van der Waals surface area (Å²) in [7, 11) is 0. The SMILES string of the molecule is CC1(C)COC(Cc2ccc(Cl)cc2)N1. The minimum atomic E-state index is 0.0943. The Morgan fingerprint density at radius 3 is 2.60 bits per heavy atom. The van der Waals surface area contributed by atoms with Crippen LogP contribution in [0, 0.1) is 0 Å². The Hall–Kier alpha value is -0.570. The standard InChI is InChI=1S/C12H16ClNO/c1-12(2)8-15-11(14-12)7-9-3-5-10(13)6-4-9/h3-6,11,14H,7-8H2,1-2H3.